The van der Waals surface area contributed by atoms with Crippen LogP contribution in [0.25, 0.3) is 0 Å². The minimum absolute atomic E-state index is 0.289. The van der Waals surface area contributed by atoms with Gasteiger partial charge < -0.3 is 10.1 Å². The number of benzene rings is 1. The van der Waals surface area contributed by atoms with E-state index >= 15 is 0 Å². The molecule has 2 aliphatic rings. The molecule has 1 fully saturated rings. The molecule has 92 valence electrons. The van der Waals surface area contributed by atoms with Gasteiger partial charge in [-0.25, -0.2) is 0 Å². The molecule has 0 saturated heterocycles. The first-order valence-corrected chi connectivity index (χ1v) is 6.63. The fourth-order valence-electron chi connectivity index (χ4n) is 2.73. The van der Waals surface area contributed by atoms with E-state index in [9.17, 15) is 0 Å². The quantitative estimate of drug-likeness (QED) is 0.860. The van der Waals surface area contributed by atoms with Crippen molar-refractivity contribution in [2.24, 2.45) is 5.92 Å². The minimum atomic E-state index is 0.289. The first kappa shape index (κ1) is 11.1. The Hall–Kier alpha value is -1.02. The predicted octanol–water partition coefficient (Wildman–Crippen LogP) is 2.94. The van der Waals surface area contributed by atoms with Gasteiger partial charge in [-0.3, -0.25) is 0 Å². The molecule has 1 aromatic rings. The molecule has 0 spiro atoms. The van der Waals surface area contributed by atoms with Gasteiger partial charge in [0.15, 0.2) is 0 Å². The van der Waals surface area contributed by atoms with Crippen molar-refractivity contribution < 1.29 is 4.74 Å². The number of fused-ring (bicyclic) bond motifs is 1. The molecule has 2 nitrogen and oxygen atoms in total. The van der Waals surface area contributed by atoms with Crippen molar-refractivity contribution in [2.75, 3.05) is 13.2 Å². The maximum atomic E-state index is 5.71. The SMILES string of the molecule is CC(C)(NCC1COc2ccccc21)C1CC1. The summed E-state index contributed by atoms with van der Waals surface area (Å²) in [6.45, 7) is 6.51. The fraction of sp³-hybridized carbons (Fsp3) is 0.600. The normalized spacial score (nSPS) is 23.3. The number of ether oxygens (including phenoxy) is 1. The molecule has 1 atom stereocenters. The van der Waals surface area contributed by atoms with Crippen molar-refractivity contribution in [1.29, 1.82) is 0 Å². The molecule has 1 aromatic carbocycles. The third-order valence-electron chi connectivity index (χ3n) is 4.20. The maximum absolute atomic E-state index is 5.71. The average molecular weight is 231 g/mol. The first-order chi connectivity index (χ1) is 8.17. The standard InChI is InChI=1S/C15H21NO/c1-15(2,12-7-8-12)16-9-11-10-17-14-6-4-3-5-13(11)14/h3-6,11-12,16H,7-10H2,1-2H3. The van der Waals surface area contributed by atoms with E-state index < -0.39 is 0 Å². The van der Waals surface area contributed by atoms with E-state index in [4.69, 9.17) is 4.74 Å². The van der Waals surface area contributed by atoms with Gasteiger partial charge in [-0.15, -0.1) is 0 Å². The third kappa shape index (κ3) is 2.19. The Bertz CT molecular complexity index is 409. The first-order valence-electron chi connectivity index (χ1n) is 6.63. The minimum Gasteiger partial charge on any atom is -0.493 e. The predicted molar refractivity (Wildman–Crippen MR) is 69.5 cm³/mol. The summed E-state index contributed by atoms with van der Waals surface area (Å²) >= 11 is 0. The Morgan fingerprint density at radius 2 is 2.06 bits per heavy atom. The number of para-hydroxylation sites is 1. The van der Waals surface area contributed by atoms with Crippen LogP contribution in [0.15, 0.2) is 24.3 Å². The smallest absolute Gasteiger partial charge is 0.122 e. The summed E-state index contributed by atoms with van der Waals surface area (Å²) in [4.78, 5) is 0. The van der Waals surface area contributed by atoms with Crippen LogP contribution in [0, 0.1) is 5.92 Å². The van der Waals surface area contributed by atoms with Crippen LogP contribution in [-0.4, -0.2) is 18.7 Å². The molecule has 1 heterocycles. The Kier molecular flexibility index (Phi) is 2.62. The van der Waals surface area contributed by atoms with E-state index in [1.807, 2.05) is 6.07 Å². The lowest BCUT2D eigenvalue weighted by Gasteiger charge is -2.27. The summed E-state index contributed by atoms with van der Waals surface area (Å²) in [6, 6.07) is 8.41. The second kappa shape index (κ2) is 4.02. The highest BCUT2D eigenvalue weighted by atomic mass is 16.5. The van der Waals surface area contributed by atoms with Crippen molar-refractivity contribution >= 4 is 0 Å². The van der Waals surface area contributed by atoms with Crippen LogP contribution in [0.3, 0.4) is 0 Å². The monoisotopic (exact) mass is 231 g/mol. The molecule has 2 heteroatoms. The molecule has 1 unspecified atom stereocenters. The Balaban J connectivity index is 1.64. The Morgan fingerprint density at radius 1 is 1.29 bits per heavy atom. The second-order valence-corrected chi connectivity index (χ2v) is 5.92. The zero-order valence-electron chi connectivity index (χ0n) is 10.7. The summed E-state index contributed by atoms with van der Waals surface area (Å²) in [5.74, 6) is 2.47. The lowest BCUT2D eigenvalue weighted by atomic mass is 9.95. The molecule has 0 aromatic heterocycles. The molecule has 1 saturated carbocycles. The van der Waals surface area contributed by atoms with Gasteiger partial charge in [-0.1, -0.05) is 18.2 Å². The average Bonchev–Trinajstić information content (AvgIpc) is 3.09. The topological polar surface area (TPSA) is 21.3 Å². The Morgan fingerprint density at radius 3 is 2.82 bits per heavy atom. The zero-order valence-corrected chi connectivity index (χ0v) is 10.7. The van der Waals surface area contributed by atoms with Crippen LogP contribution in [-0.2, 0) is 0 Å². The molecule has 1 aliphatic heterocycles. The second-order valence-electron chi connectivity index (χ2n) is 5.92. The maximum Gasteiger partial charge on any atom is 0.122 e. The van der Waals surface area contributed by atoms with Gasteiger partial charge in [0.05, 0.1) is 6.61 Å². The molecule has 0 bridgehead atoms. The molecular formula is C15H21NO. The van der Waals surface area contributed by atoms with Gasteiger partial charge in [0.2, 0.25) is 0 Å². The summed E-state index contributed by atoms with van der Waals surface area (Å²) in [5, 5.41) is 3.72. The van der Waals surface area contributed by atoms with E-state index in [2.05, 4.69) is 37.4 Å². The summed E-state index contributed by atoms with van der Waals surface area (Å²) in [5.41, 5.74) is 1.66. The lowest BCUT2D eigenvalue weighted by molar-refractivity contribution is 0.293. The summed E-state index contributed by atoms with van der Waals surface area (Å²) in [6.07, 6.45) is 2.77. The summed E-state index contributed by atoms with van der Waals surface area (Å²) in [7, 11) is 0. The highest BCUT2D eigenvalue weighted by molar-refractivity contribution is 5.39. The van der Waals surface area contributed by atoms with Crippen molar-refractivity contribution in [3.05, 3.63) is 29.8 Å². The molecule has 3 rings (SSSR count). The van der Waals surface area contributed by atoms with Gasteiger partial charge in [0, 0.05) is 23.6 Å². The number of rotatable bonds is 4. The fourth-order valence-corrected chi connectivity index (χ4v) is 2.73. The molecule has 1 aliphatic carbocycles. The van der Waals surface area contributed by atoms with Crippen LogP contribution in [0.4, 0.5) is 0 Å². The highest BCUT2D eigenvalue weighted by Gasteiger charge is 2.38. The molecule has 1 N–H and O–H groups in total. The Labute approximate surface area is 103 Å². The zero-order chi connectivity index (χ0) is 11.9. The van der Waals surface area contributed by atoms with Crippen LogP contribution >= 0.6 is 0 Å². The number of nitrogens with one attached hydrogen (secondary N) is 1. The van der Waals surface area contributed by atoms with Crippen molar-refractivity contribution in [3.8, 4) is 5.75 Å². The van der Waals surface area contributed by atoms with Crippen LogP contribution < -0.4 is 10.1 Å². The molecule has 0 amide bonds. The van der Waals surface area contributed by atoms with E-state index in [1.165, 1.54) is 18.4 Å². The van der Waals surface area contributed by atoms with Gasteiger partial charge >= 0.3 is 0 Å². The van der Waals surface area contributed by atoms with Gasteiger partial charge in [-0.05, 0) is 38.7 Å². The van der Waals surface area contributed by atoms with Gasteiger partial charge in [0.1, 0.15) is 5.75 Å². The summed E-state index contributed by atoms with van der Waals surface area (Å²) < 4.78 is 5.71. The number of hydrogen-bond acceptors (Lipinski definition) is 2. The third-order valence-corrected chi connectivity index (χ3v) is 4.20. The molecule has 0 radical (unpaired) electrons. The van der Waals surface area contributed by atoms with E-state index in [0.717, 1.165) is 24.8 Å². The van der Waals surface area contributed by atoms with Crippen LogP contribution in [0.1, 0.15) is 38.2 Å². The van der Waals surface area contributed by atoms with Gasteiger partial charge in [-0.2, -0.15) is 0 Å². The van der Waals surface area contributed by atoms with Crippen molar-refractivity contribution in [3.63, 3.8) is 0 Å². The lowest BCUT2D eigenvalue weighted by Crippen LogP contribution is -2.43. The van der Waals surface area contributed by atoms with Crippen LogP contribution in [0.2, 0.25) is 0 Å². The number of hydrogen-bond donors (Lipinski definition) is 1. The molecular weight excluding hydrogens is 210 g/mol. The highest BCUT2D eigenvalue weighted by Crippen LogP contribution is 2.40. The van der Waals surface area contributed by atoms with Gasteiger partial charge in [0.25, 0.3) is 0 Å². The van der Waals surface area contributed by atoms with E-state index in [1.54, 1.807) is 0 Å². The largest absolute Gasteiger partial charge is 0.493 e. The van der Waals surface area contributed by atoms with E-state index in [0.29, 0.717) is 5.92 Å². The van der Waals surface area contributed by atoms with Crippen LogP contribution in [0.5, 0.6) is 5.75 Å². The molecule has 17 heavy (non-hydrogen) atoms. The van der Waals surface area contributed by atoms with E-state index in [-0.39, 0.29) is 5.54 Å². The van der Waals surface area contributed by atoms with Crippen molar-refractivity contribution in [1.82, 2.24) is 5.32 Å². The van der Waals surface area contributed by atoms with Crippen molar-refractivity contribution in [2.45, 2.75) is 38.1 Å².